The van der Waals surface area contributed by atoms with E-state index in [1.807, 2.05) is 6.92 Å². The molecule has 0 aliphatic carbocycles. The van der Waals surface area contributed by atoms with Crippen molar-refractivity contribution in [2.75, 3.05) is 25.1 Å². The number of methoxy groups -OCH3 is 1. The summed E-state index contributed by atoms with van der Waals surface area (Å²) in [4.78, 5) is 12.6. The number of nitrogens with zero attached hydrogens (tertiary/aromatic N) is 1. The highest BCUT2D eigenvalue weighted by Crippen LogP contribution is 2.18. The van der Waals surface area contributed by atoms with Crippen molar-refractivity contribution in [2.24, 2.45) is 0 Å². The zero-order chi connectivity index (χ0) is 12.8. The first kappa shape index (κ1) is 13.8. The number of halogens is 1. The lowest BCUT2D eigenvalue weighted by molar-refractivity contribution is -0.135. The number of carboxylic acids is 1. The highest BCUT2D eigenvalue weighted by Gasteiger charge is 2.13. The van der Waals surface area contributed by atoms with Crippen LogP contribution in [0.2, 0.25) is 5.02 Å². The van der Waals surface area contributed by atoms with Crippen molar-refractivity contribution in [1.29, 1.82) is 0 Å². The van der Waals surface area contributed by atoms with Crippen LogP contribution < -0.4 is 4.90 Å². The lowest BCUT2D eigenvalue weighted by atomic mass is 10.2. The molecule has 17 heavy (non-hydrogen) atoms. The number of carbonyl (C=O) groups is 1. The van der Waals surface area contributed by atoms with Gasteiger partial charge in [0.25, 0.3) is 0 Å². The van der Waals surface area contributed by atoms with Crippen LogP contribution in [0.25, 0.3) is 0 Å². The Kier molecular flexibility index (Phi) is 5.25. The number of ether oxygens (including phenoxy) is 1. The normalized spacial score (nSPS) is 12.2. The molecular formula is C12H16ClNO3. The zero-order valence-corrected chi connectivity index (χ0v) is 10.6. The summed E-state index contributed by atoms with van der Waals surface area (Å²) in [5, 5.41) is 9.51. The largest absolute Gasteiger partial charge is 0.480 e. The Morgan fingerprint density at radius 2 is 2.06 bits per heavy atom. The molecule has 1 atom stereocenters. The molecule has 0 amide bonds. The summed E-state index contributed by atoms with van der Waals surface area (Å²) in [6.07, 6.45) is -0.0370. The molecule has 0 fully saturated rings. The van der Waals surface area contributed by atoms with Crippen LogP contribution in [0.3, 0.4) is 0 Å². The van der Waals surface area contributed by atoms with Crippen LogP contribution in [0.1, 0.15) is 6.92 Å². The highest BCUT2D eigenvalue weighted by molar-refractivity contribution is 6.30. The van der Waals surface area contributed by atoms with Crippen molar-refractivity contribution < 1.29 is 14.6 Å². The van der Waals surface area contributed by atoms with Crippen molar-refractivity contribution in [3.63, 3.8) is 0 Å². The monoisotopic (exact) mass is 257 g/mol. The van der Waals surface area contributed by atoms with Crippen molar-refractivity contribution in [3.05, 3.63) is 29.3 Å². The van der Waals surface area contributed by atoms with Gasteiger partial charge in [-0.3, -0.25) is 4.79 Å². The van der Waals surface area contributed by atoms with Crippen molar-refractivity contribution >= 4 is 23.3 Å². The van der Waals surface area contributed by atoms with Gasteiger partial charge < -0.3 is 14.7 Å². The fraction of sp³-hybridized carbons (Fsp3) is 0.417. The molecule has 0 aromatic heterocycles. The number of aliphatic carboxylic acids is 1. The molecule has 0 heterocycles. The van der Waals surface area contributed by atoms with Gasteiger partial charge in [-0.2, -0.15) is 0 Å². The Morgan fingerprint density at radius 1 is 1.47 bits per heavy atom. The summed E-state index contributed by atoms with van der Waals surface area (Å²) < 4.78 is 5.15. The molecule has 0 aliphatic rings. The SMILES string of the molecule is COC(C)CN(CC(=O)O)c1ccc(Cl)cc1. The van der Waals surface area contributed by atoms with Gasteiger partial charge >= 0.3 is 5.97 Å². The second kappa shape index (κ2) is 6.47. The van der Waals surface area contributed by atoms with Crippen LogP contribution in [-0.2, 0) is 9.53 Å². The molecule has 1 aromatic carbocycles. The minimum atomic E-state index is -0.872. The van der Waals surface area contributed by atoms with E-state index in [1.54, 1.807) is 36.3 Å². The predicted molar refractivity (Wildman–Crippen MR) is 67.8 cm³/mol. The maximum atomic E-state index is 10.8. The van der Waals surface area contributed by atoms with E-state index >= 15 is 0 Å². The van der Waals surface area contributed by atoms with E-state index in [4.69, 9.17) is 21.4 Å². The summed E-state index contributed by atoms with van der Waals surface area (Å²) >= 11 is 5.80. The third-order valence-corrected chi connectivity index (χ3v) is 2.65. The molecule has 94 valence electrons. The van der Waals surface area contributed by atoms with Gasteiger partial charge in [0.2, 0.25) is 0 Å². The average molecular weight is 258 g/mol. The van der Waals surface area contributed by atoms with Crippen LogP contribution >= 0.6 is 11.6 Å². The van der Waals surface area contributed by atoms with E-state index in [1.165, 1.54) is 0 Å². The number of benzene rings is 1. The molecule has 0 aliphatic heterocycles. The number of hydrogen-bond donors (Lipinski definition) is 1. The molecular weight excluding hydrogens is 242 g/mol. The molecule has 5 heteroatoms. The number of anilines is 1. The van der Waals surface area contributed by atoms with Gasteiger partial charge in [0, 0.05) is 24.4 Å². The minimum absolute atomic E-state index is 0.0370. The number of rotatable bonds is 6. The molecule has 0 saturated heterocycles. The standard InChI is InChI=1S/C12H16ClNO3/c1-9(17-2)7-14(8-12(15)16)11-5-3-10(13)4-6-11/h3-6,9H,7-8H2,1-2H3,(H,15,16). The van der Waals surface area contributed by atoms with E-state index in [9.17, 15) is 4.79 Å². The second-order valence-electron chi connectivity index (χ2n) is 3.80. The summed E-state index contributed by atoms with van der Waals surface area (Å²) in [6.45, 7) is 2.35. The summed E-state index contributed by atoms with van der Waals surface area (Å²) in [6, 6.07) is 7.08. The topological polar surface area (TPSA) is 49.8 Å². The quantitative estimate of drug-likeness (QED) is 0.849. The van der Waals surface area contributed by atoms with Gasteiger partial charge in [0.15, 0.2) is 0 Å². The maximum Gasteiger partial charge on any atom is 0.323 e. The maximum absolute atomic E-state index is 10.8. The summed E-state index contributed by atoms with van der Waals surface area (Å²) in [5.41, 5.74) is 0.820. The van der Waals surface area contributed by atoms with Crippen LogP contribution in [0, 0.1) is 0 Å². The third kappa shape index (κ3) is 4.63. The second-order valence-corrected chi connectivity index (χ2v) is 4.23. The van der Waals surface area contributed by atoms with Crippen molar-refractivity contribution in [3.8, 4) is 0 Å². The molecule has 1 aromatic rings. The van der Waals surface area contributed by atoms with Gasteiger partial charge in [0.05, 0.1) is 6.10 Å². The first-order valence-electron chi connectivity index (χ1n) is 5.28. The molecule has 0 bridgehead atoms. The fourth-order valence-electron chi connectivity index (χ4n) is 1.46. The fourth-order valence-corrected chi connectivity index (χ4v) is 1.59. The third-order valence-electron chi connectivity index (χ3n) is 2.40. The highest BCUT2D eigenvalue weighted by atomic mass is 35.5. The smallest absolute Gasteiger partial charge is 0.323 e. The van der Waals surface area contributed by atoms with Crippen LogP contribution in [0.4, 0.5) is 5.69 Å². The van der Waals surface area contributed by atoms with Gasteiger partial charge in [-0.1, -0.05) is 11.6 Å². The van der Waals surface area contributed by atoms with E-state index < -0.39 is 5.97 Å². The Labute approximate surface area is 106 Å². The molecule has 1 unspecified atom stereocenters. The van der Waals surface area contributed by atoms with Crippen LogP contribution in [0.5, 0.6) is 0 Å². The van der Waals surface area contributed by atoms with E-state index in [2.05, 4.69) is 0 Å². The Morgan fingerprint density at radius 3 is 2.53 bits per heavy atom. The molecule has 0 saturated carbocycles. The lowest BCUT2D eigenvalue weighted by Crippen LogP contribution is -2.36. The van der Waals surface area contributed by atoms with E-state index in [-0.39, 0.29) is 12.6 Å². The predicted octanol–water partition coefficient (Wildman–Crippen LogP) is 2.27. The molecule has 1 N–H and O–H groups in total. The average Bonchev–Trinajstić information content (AvgIpc) is 2.28. The molecule has 0 spiro atoms. The molecule has 0 radical (unpaired) electrons. The van der Waals surface area contributed by atoms with E-state index in [0.717, 1.165) is 5.69 Å². The van der Waals surface area contributed by atoms with Crippen LogP contribution in [0.15, 0.2) is 24.3 Å². The summed E-state index contributed by atoms with van der Waals surface area (Å²) in [7, 11) is 1.60. The van der Waals surface area contributed by atoms with Gasteiger partial charge in [-0.15, -0.1) is 0 Å². The Hall–Kier alpha value is -1.26. The van der Waals surface area contributed by atoms with Gasteiger partial charge in [-0.05, 0) is 31.2 Å². The first-order chi connectivity index (χ1) is 8.02. The minimum Gasteiger partial charge on any atom is -0.480 e. The molecule has 1 rings (SSSR count). The lowest BCUT2D eigenvalue weighted by Gasteiger charge is -2.25. The Balaban J connectivity index is 2.81. The number of hydrogen-bond acceptors (Lipinski definition) is 3. The zero-order valence-electron chi connectivity index (χ0n) is 9.89. The van der Waals surface area contributed by atoms with Crippen molar-refractivity contribution in [1.82, 2.24) is 0 Å². The van der Waals surface area contributed by atoms with Crippen molar-refractivity contribution in [2.45, 2.75) is 13.0 Å². The van der Waals surface area contributed by atoms with E-state index in [0.29, 0.717) is 11.6 Å². The van der Waals surface area contributed by atoms with Crippen LogP contribution in [-0.4, -0.2) is 37.4 Å². The Bertz CT molecular complexity index is 367. The molecule has 4 nitrogen and oxygen atoms in total. The first-order valence-corrected chi connectivity index (χ1v) is 5.66. The number of carboxylic acid groups (broad SMARTS) is 1. The van der Waals surface area contributed by atoms with Gasteiger partial charge in [0.1, 0.15) is 6.54 Å². The summed E-state index contributed by atoms with van der Waals surface area (Å²) in [5.74, 6) is -0.872. The van der Waals surface area contributed by atoms with Gasteiger partial charge in [-0.25, -0.2) is 0 Å².